The van der Waals surface area contributed by atoms with Crippen molar-refractivity contribution in [2.24, 2.45) is 0 Å². The molecule has 0 saturated carbocycles. The van der Waals surface area contributed by atoms with Gasteiger partial charge in [-0.15, -0.1) is 0 Å². The Kier molecular flexibility index (Phi) is 4.07. The van der Waals surface area contributed by atoms with Gasteiger partial charge in [-0.05, 0) is 42.8 Å². The summed E-state index contributed by atoms with van der Waals surface area (Å²) in [5.41, 5.74) is 1.45. The van der Waals surface area contributed by atoms with Crippen LogP contribution in [0, 0.1) is 5.82 Å². The summed E-state index contributed by atoms with van der Waals surface area (Å²) in [5, 5.41) is 5.41. The van der Waals surface area contributed by atoms with Gasteiger partial charge in [0.15, 0.2) is 0 Å². The number of halogens is 1. The monoisotopic (exact) mass is 259 g/mol. The lowest BCUT2D eigenvalue weighted by Crippen LogP contribution is -2.31. The number of hydrogen-bond acceptors (Lipinski definition) is 2. The average Bonchev–Trinajstić information content (AvgIpc) is 2.42. The maximum Gasteiger partial charge on any atom is 0.319 e. The quantitative estimate of drug-likeness (QED) is 0.889. The number of rotatable bonds is 3. The van der Waals surface area contributed by atoms with E-state index in [0.717, 1.165) is 5.56 Å². The van der Waals surface area contributed by atoms with Gasteiger partial charge in [0.25, 0.3) is 0 Å². The van der Waals surface area contributed by atoms with Crippen molar-refractivity contribution in [3.05, 3.63) is 60.2 Å². The van der Waals surface area contributed by atoms with Gasteiger partial charge < -0.3 is 10.6 Å². The maximum atomic E-state index is 12.7. The third-order valence-electron chi connectivity index (χ3n) is 2.63. The summed E-state index contributed by atoms with van der Waals surface area (Å²) in [6.45, 7) is 1.86. The summed E-state index contributed by atoms with van der Waals surface area (Å²) in [6, 6.07) is 8.78. The van der Waals surface area contributed by atoms with Gasteiger partial charge >= 0.3 is 6.03 Å². The van der Waals surface area contributed by atoms with Crippen molar-refractivity contribution in [2.45, 2.75) is 13.0 Å². The topological polar surface area (TPSA) is 54.0 Å². The molecule has 0 spiro atoms. The molecule has 2 N–H and O–H groups in total. The molecule has 0 fully saturated rings. The van der Waals surface area contributed by atoms with Crippen LogP contribution in [0.1, 0.15) is 18.5 Å². The van der Waals surface area contributed by atoms with Crippen LogP contribution >= 0.6 is 0 Å². The molecule has 0 radical (unpaired) electrons. The Morgan fingerprint density at radius 2 is 2.00 bits per heavy atom. The van der Waals surface area contributed by atoms with E-state index in [1.165, 1.54) is 24.3 Å². The minimum Gasteiger partial charge on any atom is -0.331 e. The summed E-state index contributed by atoms with van der Waals surface area (Å²) in [6.07, 6.45) is 3.37. The van der Waals surface area contributed by atoms with E-state index >= 15 is 0 Å². The van der Waals surface area contributed by atoms with E-state index in [0.29, 0.717) is 5.69 Å². The molecule has 1 aromatic carbocycles. The van der Waals surface area contributed by atoms with E-state index in [-0.39, 0.29) is 17.9 Å². The van der Waals surface area contributed by atoms with Gasteiger partial charge in [0, 0.05) is 18.1 Å². The Balaban J connectivity index is 1.93. The van der Waals surface area contributed by atoms with E-state index in [4.69, 9.17) is 0 Å². The van der Waals surface area contributed by atoms with Gasteiger partial charge in [0.05, 0.1) is 6.04 Å². The Bertz CT molecular complexity index is 542. The number of carbonyl (C=O) groups is 1. The molecule has 0 aliphatic rings. The molecule has 1 heterocycles. The highest BCUT2D eigenvalue weighted by molar-refractivity contribution is 5.89. The molecule has 0 aliphatic heterocycles. The fraction of sp³-hybridized carbons (Fsp3) is 0.143. The normalized spacial score (nSPS) is 11.7. The van der Waals surface area contributed by atoms with Crippen molar-refractivity contribution < 1.29 is 9.18 Å². The smallest absolute Gasteiger partial charge is 0.319 e. The fourth-order valence-corrected chi connectivity index (χ4v) is 1.61. The molecule has 0 bridgehead atoms. The first-order chi connectivity index (χ1) is 9.15. The molecule has 19 heavy (non-hydrogen) atoms. The average molecular weight is 259 g/mol. The number of pyridine rings is 1. The predicted octanol–water partition coefficient (Wildman–Crippen LogP) is 3.10. The number of nitrogens with zero attached hydrogens (tertiary/aromatic N) is 1. The van der Waals surface area contributed by atoms with Crippen molar-refractivity contribution in [1.29, 1.82) is 0 Å². The van der Waals surface area contributed by atoms with Gasteiger partial charge in [-0.3, -0.25) is 4.98 Å². The minimum atomic E-state index is -0.344. The molecule has 1 aromatic heterocycles. The van der Waals surface area contributed by atoms with Gasteiger partial charge in [-0.1, -0.05) is 6.07 Å². The molecular weight excluding hydrogens is 245 g/mol. The first-order valence-electron chi connectivity index (χ1n) is 5.88. The van der Waals surface area contributed by atoms with Crippen LogP contribution in [0.2, 0.25) is 0 Å². The Morgan fingerprint density at radius 1 is 1.26 bits per heavy atom. The lowest BCUT2D eigenvalue weighted by molar-refractivity contribution is 0.249. The van der Waals surface area contributed by atoms with E-state index in [2.05, 4.69) is 15.6 Å². The number of amides is 2. The number of carbonyl (C=O) groups excluding carboxylic acids is 1. The maximum absolute atomic E-state index is 12.7. The summed E-state index contributed by atoms with van der Waals surface area (Å²) in [7, 11) is 0. The molecule has 2 rings (SSSR count). The van der Waals surface area contributed by atoms with Crippen molar-refractivity contribution in [2.75, 3.05) is 5.32 Å². The molecule has 0 saturated heterocycles. The van der Waals surface area contributed by atoms with Crippen LogP contribution in [0.25, 0.3) is 0 Å². The SMILES string of the molecule is C[C@@H](NC(=O)Nc1ccc(F)cc1)c1cccnc1. The van der Waals surface area contributed by atoms with Crippen LogP contribution in [0.4, 0.5) is 14.9 Å². The van der Waals surface area contributed by atoms with Gasteiger partial charge in [0.2, 0.25) is 0 Å². The van der Waals surface area contributed by atoms with Crippen molar-refractivity contribution in [1.82, 2.24) is 10.3 Å². The molecular formula is C14H14FN3O. The third-order valence-corrected chi connectivity index (χ3v) is 2.63. The second-order valence-corrected chi connectivity index (χ2v) is 4.11. The standard InChI is InChI=1S/C14H14FN3O/c1-10(11-3-2-8-16-9-11)17-14(19)18-13-6-4-12(15)5-7-13/h2-10H,1H3,(H2,17,18,19)/t10-/m1/s1. The van der Waals surface area contributed by atoms with Gasteiger partial charge in [0.1, 0.15) is 5.82 Å². The van der Waals surface area contributed by atoms with Crippen molar-refractivity contribution in [3.8, 4) is 0 Å². The summed E-state index contributed by atoms with van der Waals surface area (Å²) in [4.78, 5) is 15.7. The highest BCUT2D eigenvalue weighted by Crippen LogP contribution is 2.11. The molecule has 4 nitrogen and oxygen atoms in total. The first kappa shape index (κ1) is 13.0. The Hall–Kier alpha value is -2.43. The summed E-state index contributed by atoms with van der Waals surface area (Å²) >= 11 is 0. The Morgan fingerprint density at radius 3 is 2.63 bits per heavy atom. The second-order valence-electron chi connectivity index (χ2n) is 4.11. The van der Waals surface area contributed by atoms with Gasteiger partial charge in [-0.25, -0.2) is 9.18 Å². The van der Waals surface area contributed by atoms with E-state index < -0.39 is 0 Å². The number of aromatic nitrogens is 1. The molecule has 98 valence electrons. The van der Waals surface area contributed by atoms with Crippen LogP contribution in [0.5, 0.6) is 0 Å². The van der Waals surface area contributed by atoms with Crippen LogP contribution in [0.15, 0.2) is 48.8 Å². The first-order valence-corrected chi connectivity index (χ1v) is 5.88. The van der Waals surface area contributed by atoms with Crippen LogP contribution < -0.4 is 10.6 Å². The third kappa shape index (κ3) is 3.77. The number of hydrogen-bond donors (Lipinski definition) is 2. The largest absolute Gasteiger partial charge is 0.331 e. The lowest BCUT2D eigenvalue weighted by Gasteiger charge is -2.14. The molecule has 1 atom stereocenters. The predicted molar refractivity (Wildman–Crippen MR) is 71.2 cm³/mol. The highest BCUT2D eigenvalue weighted by atomic mass is 19.1. The number of anilines is 1. The van der Waals surface area contributed by atoms with E-state index in [1.54, 1.807) is 12.4 Å². The highest BCUT2D eigenvalue weighted by Gasteiger charge is 2.09. The zero-order chi connectivity index (χ0) is 13.7. The van der Waals surface area contributed by atoms with Gasteiger partial charge in [-0.2, -0.15) is 0 Å². The molecule has 0 unspecified atom stereocenters. The second kappa shape index (κ2) is 5.95. The summed E-state index contributed by atoms with van der Waals surface area (Å²) in [5.74, 6) is -0.338. The van der Waals surface area contributed by atoms with Crippen LogP contribution in [-0.4, -0.2) is 11.0 Å². The summed E-state index contributed by atoms with van der Waals surface area (Å²) < 4.78 is 12.7. The number of urea groups is 1. The molecule has 2 amide bonds. The molecule has 0 aliphatic carbocycles. The van der Waals surface area contributed by atoms with Crippen LogP contribution in [-0.2, 0) is 0 Å². The van der Waals surface area contributed by atoms with Crippen LogP contribution in [0.3, 0.4) is 0 Å². The molecule has 5 heteroatoms. The fourth-order valence-electron chi connectivity index (χ4n) is 1.61. The van der Waals surface area contributed by atoms with Crippen molar-refractivity contribution >= 4 is 11.7 Å². The van der Waals surface area contributed by atoms with Crippen molar-refractivity contribution in [3.63, 3.8) is 0 Å². The lowest BCUT2D eigenvalue weighted by atomic mass is 10.1. The zero-order valence-corrected chi connectivity index (χ0v) is 10.4. The van der Waals surface area contributed by atoms with E-state index in [9.17, 15) is 9.18 Å². The zero-order valence-electron chi connectivity index (χ0n) is 10.4. The molecule has 2 aromatic rings. The Labute approximate surface area is 110 Å². The van der Waals surface area contributed by atoms with E-state index in [1.807, 2.05) is 19.1 Å². The number of nitrogens with one attached hydrogen (secondary N) is 2. The minimum absolute atomic E-state index is 0.158. The number of benzene rings is 1.